The smallest absolute Gasteiger partial charge is 0.282 e. The zero-order chi connectivity index (χ0) is 21.3. The largest absolute Gasteiger partial charge is 0.495 e. The van der Waals surface area contributed by atoms with Crippen LogP contribution in [0.5, 0.6) is 5.75 Å². The number of carbonyl (C=O) groups excluding carboxylic acids is 2. The summed E-state index contributed by atoms with van der Waals surface area (Å²) in [6.07, 6.45) is 0. The van der Waals surface area contributed by atoms with Gasteiger partial charge in [0.15, 0.2) is 0 Å². The van der Waals surface area contributed by atoms with Gasteiger partial charge in [0.05, 0.1) is 18.4 Å². The van der Waals surface area contributed by atoms with E-state index in [9.17, 15) is 9.59 Å². The number of benzene rings is 3. The number of hydrogen-bond acceptors (Lipinski definition) is 4. The highest BCUT2D eigenvalue weighted by Crippen LogP contribution is 2.38. The third kappa shape index (κ3) is 3.35. The highest BCUT2D eigenvalue weighted by atomic mass is 16.5. The monoisotopic (exact) mass is 398 g/mol. The molecule has 5 nitrogen and oxygen atoms in total. The fourth-order valence-corrected chi connectivity index (χ4v) is 3.56. The summed E-state index contributed by atoms with van der Waals surface area (Å²) in [7, 11) is 1.52. The normalized spacial score (nSPS) is 13.8. The number of methoxy groups -OCH3 is 1. The first-order chi connectivity index (χ1) is 14.5. The molecule has 0 atom stereocenters. The number of anilines is 2. The molecule has 0 fully saturated rings. The first kappa shape index (κ1) is 19.5. The molecule has 0 radical (unpaired) electrons. The molecule has 3 aromatic rings. The van der Waals surface area contributed by atoms with E-state index in [0.29, 0.717) is 22.6 Å². The van der Waals surface area contributed by atoms with Gasteiger partial charge in [0, 0.05) is 5.69 Å². The summed E-state index contributed by atoms with van der Waals surface area (Å²) in [6, 6.07) is 22.2. The van der Waals surface area contributed by atoms with Crippen molar-refractivity contribution in [3.63, 3.8) is 0 Å². The van der Waals surface area contributed by atoms with Crippen molar-refractivity contribution in [3.8, 4) is 5.75 Å². The molecule has 1 aliphatic rings. The molecule has 1 N–H and O–H groups in total. The zero-order valence-electron chi connectivity index (χ0n) is 17.1. The molecule has 0 unspecified atom stereocenters. The maximum absolute atomic E-state index is 13.5. The van der Waals surface area contributed by atoms with Gasteiger partial charge in [-0.2, -0.15) is 0 Å². The Morgan fingerprint density at radius 1 is 0.833 bits per heavy atom. The first-order valence-electron chi connectivity index (χ1n) is 9.67. The van der Waals surface area contributed by atoms with Gasteiger partial charge in [-0.25, -0.2) is 4.90 Å². The Bertz CT molecular complexity index is 1170. The molecule has 1 heterocycles. The lowest BCUT2D eigenvalue weighted by Gasteiger charge is -2.18. The number of aryl methyl sites for hydroxylation is 2. The molecule has 0 aliphatic carbocycles. The molecule has 3 aromatic carbocycles. The summed E-state index contributed by atoms with van der Waals surface area (Å²) in [4.78, 5) is 28.2. The SMILES string of the molecule is COc1ccccc1N1C(=O)C(Nc2cc(C)ccc2C)=C(c2ccccc2)C1=O. The minimum Gasteiger partial charge on any atom is -0.495 e. The van der Waals surface area contributed by atoms with Gasteiger partial charge >= 0.3 is 0 Å². The van der Waals surface area contributed by atoms with E-state index in [0.717, 1.165) is 16.8 Å². The van der Waals surface area contributed by atoms with E-state index in [2.05, 4.69) is 5.32 Å². The van der Waals surface area contributed by atoms with Crippen LogP contribution in [0.15, 0.2) is 78.5 Å². The molecule has 4 rings (SSSR count). The number of carbonyl (C=O) groups is 2. The third-order valence-electron chi connectivity index (χ3n) is 5.13. The molecule has 1 aliphatic heterocycles. The van der Waals surface area contributed by atoms with E-state index in [1.165, 1.54) is 12.0 Å². The zero-order valence-corrected chi connectivity index (χ0v) is 17.1. The number of amides is 2. The third-order valence-corrected chi connectivity index (χ3v) is 5.13. The van der Waals surface area contributed by atoms with Gasteiger partial charge in [0.2, 0.25) is 0 Å². The number of nitrogens with one attached hydrogen (secondary N) is 1. The van der Waals surface area contributed by atoms with Crippen molar-refractivity contribution in [1.29, 1.82) is 0 Å². The van der Waals surface area contributed by atoms with Crippen molar-refractivity contribution >= 4 is 28.8 Å². The molecule has 150 valence electrons. The Morgan fingerprint density at radius 3 is 2.27 bits per heavy atom. The highest BCUT2D eigenvalue weighted by Gasteiger charge is 2.41. The summed E-state index contributed by atoms with van der Waals surface area (Å²) in [6.45, 7) is 3.95. The molecule has 0 spiro atoms. The average Bonchev–Trinajstić information content (AvgIpc) is 3.00. The topological polar surface area (TPSA) is 58.6 Å². The number of nitrogens with zero attached hydrogens (tertiary/aromatic N) is 1. The molecule has 0 saturated heterocycles. The lowest BCUT2D eigenvalue weighted by Crippen LogP contribution is -2.32. The van der Waals surface area contributed by atoms with E-state index in [4.69, 9.17) is 4.74 Å². The fraction of sp³-hybridized carbons (Fsp3) is 0.120. The van der Waals surface area contributed by atoms with E-state index in [-0.39, 0.29) is 11.6 Å². The molecule has 0 bridgehead atoms. The van der Waals surface area contributed by atoms with Crippen molar-refractivity contribution in [2.24, 2.45) is 0 Å². The van der Waals surface area contributed by atoms with Gasteiger partial charge in [-0.1, -0.05) is 54.6 Å². The molecular weight excluding hydrogens is 376 g/mol. The summed E-state index contributed by atoms with van der Waals surface area (Å²) in [5, 5.41) is 3.24. The fourth-order valence-electron chi connectivity index (χ4n) is 3.56. The van der Waals surface area contributed by atoms with Crippen molar-refractivity contribution in [3.05, 3.63) is 95.2 Å². The standard InChI is InChI=1S/C25H22N2O3/c1-16-13-14-17(2)19(15-16)26-23-22(18-9-5-4-6-10-18)24(28)27(25(23)29)20-11-7-8-12-21(20)30-3/h4-15,26H,1-3H3. The van der Waals surface area contributed by atoms with Crippen molar-refractivity contribution in [2.75, 3.05) is 17.3 Å². The summed E-state index contributed by atoms with van der Waals surface area (Å²) in [5.41, 5.74) is 4.53. The lowest BCUT2D eigenvalue weighted by atomic mass is 10.0. The molecular formula is C25H22N2O3. The Morgan fingerprint density at radius 2 is 1.53 bits per heavy atom. The van der Waals surface area contributed by atoms with E-state index >= 15 is 0 Å². The second kappa shape index (κ2) is 7.87. The van der Waals surface area contributed by atoms with E-state index in [1.807, 2.05) is 62.4 Å². The van der Waals surface area contributed by atoms with Crippen LogP contribution in [0.4, 0.5) is 11.4 Å². The highest BCUT2D eigenvalue weighted by molar-refractivity contribution is 6.46. The van der Waals surface area contributed by atoms with Gasteiger partial charge in [-0.15, -0.1) is 0 Å². The predicted molar refractivity (Wildman–Crippen MR) is 118 cm³/mol. The second-order valence-electron chi connectivity index (χ2n) is 7.18. The average molecular weight is 398 g/mol. The van der Waals surface area contributed by atoms with Crippen molar-refractivity contribution in [1.82, 2.24) is 0 Å². The van der Waals surface area contributed by atoms with Crippen LogP contribution in [0.1, 0.15) is 16.7 Å². The van der Waals surface area contributed by atoms with Crippen molar-refractivity contribution in [2.45, 2.75) is 13.8 Å². The number of hydrogen-bond donors (Lipinski definition) is 1. The Labute approximate surface area is 175 Å². The van der Waals surface area contributed by atoms with E-state index in [1.54, 1.807) is 24.3 Å². The number of rotatable bonds is 5. The van der Waals surface area contributed by atoms with Crippen LogP contribution in [-0.2, 0) is 9.59 Å². The van der Waals surface area contributed by atoms with Crippen LogP contribution in [-0.4, -0.2) is 18.9 Å². The number of ether oxygens (including phenoxy) is 1. The number of para-hydroxylation sites is 2. The summed E-state index contributed by atoms with van der Waals surface area (Å²) >= 11 is 0. The quantitative estimate of drug-likeness (QED) is 0.633. The van der Waals surface area contributed by atoms with Crippen LogP contribution in [0, 0.1) is 13.8 Å². The first-order valence-corrected chi connectivity index (χ1v) is 9.67. The molecule has 0 aromatic heterocycles. The molecule has 30 heavy (non-hydrogen) atoms. The predicted octanol–water partition coefficient (Wildman–Crippen LogP) is 4.71. The van der Waals surface area contributed by atoms with Crippen LogP contribution < -0.4 is 15.0 Å². The molecule has 5 heteroatoms. The Hall–Kier alpha value is -3.86. The van der Waals surface area contributed by atoms with Gasteiger partial charge in [0.25, 0.3) is 11.8 Å². The summed E-state index contributed by atoms with van der Waals surface area (Å²) < 4.78 is 5.40. The Balaban J connectivity index is 1.86. The van der Waals surface area contributed by atoms with Gasteiger partial charge < -0.3 is 10.1 Å². The second-order valence-corrected chi connectivity index (χ2v) is 7.18. The van der Waals surface area contributed by atoms with Crippen molar-refractivity contribution < 1.29 is 14.3 Å². The lowest BCUT2D eigenvalue weighted by molar-refractivity contribution is -0.120. The Kier molecular flexibility index (Phi) is 5.11. The minimum absolute atomic E-state index is 0.255. The van der Waals surface area contributed by atoms with E-state index < -0.39 is 5.91 Å². The number of imide groups is 1. The van der Waals surface area contributed by atoms with Gasteiger partial charge in [0.1, 0.15) is 11.4 Å². The minimum atomic E-state index is -0.413. The van der Waals surface area contributed by atoms with Crippen LogP contribution in [0.3, 0.4) is 0 Å². The molecule has 0 saturated carbocycles. The van der Waals surface area contributed by atoms with Crippen LogP contribution >= 0.6 is 0 Å². The van der Waals surface area contributed by atoms with Gasteiger partial charge in [-0.05, 0) is 48.7 Å². The summed E-state index contributed by atoms with van der Waals surface area (Å²) in [5.74, 6) is -0.340. The van der Waals surface area contributed by atoms with Crippen LogP contribution in [0.2, 0.25) is 0 Å². The van der Waals surface area contributed by atoms with Crippen LogP contribution in [0.25, 0.3) is 5.57 Å². The van der Waals surface area contributed by atoms with Gasteiger partial charge in [-0.3, -0.25) is 9.59 Å². The molecule has 2 amide bonds. The maximum atomic E-state index is 13.5. The maximum Gasteiger partial charge on any atom is 0.282 e.